The highest BCUT2D eigenvalue weighted by Gasteiger charge is 2.31. The molecule has 2 saturated carbocycles. The molecular formula is C14H26. The summed E-state index contributed by atoms with van der Waals surface area (Å²) in [6.45, 7) is 4.80. The van der Waals surface area contributed by atoms with Gasteiger partial charge in [0.25, 0.3) is 0 Å². The first-order valence-corrected chi connectivity index (χ1v) is 6.79. The number of rotatable bonds is 2. The Balaban J connectivity index is 1.79. The van der Waals surface area contributed by atoms with Crippen LogP contribution in [0.25, 0.3) is 0 Å². The lowest BCUT2D eigenvalue weighted by Crippen LogP contribution is -2.19. The zero-order valence-electron chi connectivity index (χ0n) is 9.97. The molecule has 0 N–H and O–H groups in total. The van der Waals surface area contributed by atoms with E-state index >= 15 is 0 Å². The van der Waals surface area contributed by atoms with Crippen molar-refractivity contribution < 1.29 is 0 Å². The fourth-order valence-electron chi connectivity index (χ4n) is 3.67. The maximum absolute atomic E-state index is 2.43. The zero-order chi connectivity index (χ0) is 9.97. The first-order valence-electron chi connectivity index (χ1n) is 6.79. The highest BCUT2D eigenvalue weighted by molar-refractivity contribution is 4.82. The third-order valence-electron chi connectivity index (χ3n) is 4.89. The second kappa shape index (κ2) is 4.68. The summed E-state index contributed by atoms with van der Waals surface area (Å²) in [5, 5.41) is 0. The van der Waals surface area contributed by atoms with E-state index < -0.39 is 0 Å². The van der Waals surface area contributed by atoms with Gasteiger partial charge in [-0.05, 0) is 49.4 Å². The molecule has 0 saturated heterocycles. The quantitative estimate of drug-likeness (QED) is 0.601. The lowest BCUT2D eigenvalue weighted by Gasteiger charge is -2.30. The molecule has 14 heavy (non-hydrogen) atoms. The van der Waals surface area contributed by atoms with Crippen LogP contribution >= 0.6 is 0 Å². The van der Waals surface area contributed by atoms with Crippen molar-refractivity contribution in [3.63, 3.8) is 0 Å². The average molecular weight is 194 g/mol. The molecule has 0 heterocycles. The molecule has 2 unspecified atom stereocenters. The minimum atomic E-state index is 1.02. The molecule has 0 aromatic heterocycles. The monoisotopic (exact) mass is 194 g/mol. The molecule has 2 fully saturated rings. The summed E-state index contributed by atoms with van der Waals surface area (Å²) in [6, 6.07) is 0. The Bertz CT molecular complexity index is 165. The van der Waals surface area contributed by atoms with E-state index in [0.29, 0.717) is 0 Å². The van der Waals surface area contributed by atoms with Gasteiger partial charge in [-0.3, -0.25) is 0 Å². The predicted molar refractivity (Wildman–Crippen MR) is 62.2 cm³/mol. The number of hydrogen-bond donors (Lipinski definition) is 0. The molecule has 0 aromatic carbocycles. The Morgan fingerprint density at radius 2 is 1.50 bits per heavy atom. The van der Waals surface area contributed by atoms with E-state index in [1.54, 1.807) is 25.7 Å². The van der Waals surface area contributed by atoms with Crippen molar-refractivity contribution in [3.8, 4) is 0 Å². The Kier molecular flexibility index (Phi) is 3.52. The van der Waals surface area contributed by atoms with Gasteiger partial charge in [0, 0.05) is 0 Å². The van der Waals surface area contributed by atoms with Gasteiger partial charge in [0.05, 0.1) is 0 Å². The SMILES string of the molecule is CCC1CCC(C2CCC(C)CC2)C1. The van der Waals surface area contributed by atoms with Gasteiger partial charge < -0.3 is 0 Å². The van der Waals surface area contributed by atoms with Crippen LogP contribution in [0.15, 0.2) is 0 Å². The van der Waals surface area contributed by atoms with Crippen LogP contribution in [0.3, 0.4) is 0 Å². The van der Waals surface area contributed by atoms with Crippen molar-refractivity contribution in [2.24, 2.45) is 23.7 Å². The van der Waals surface area contributed by atoms with Gasteiger partial charge in [0.15, 0.2) is 0 Å². The van der Waals surface area contributed by atoms with Crippen LogP contribution in [0.4, 0.5) is 0 Å². The van der Waals surface area contributed by atoms with Crippen molar-refractivity contribution in [2.75, 3.05) is 0 Å². The molecule has 0 aliphatic heterocycles. The van der Waals surface area contributed by atoms with Crippen LogP contribution in [0.1, 0.15) is 65.2 Å². The van der Waals surface area contributed by atoms with Gasteiger partial charge in [-0.2, -0.15) is 0 Å². The summed E-state index contributed by atoms with van der Waals surface area (Å²) in [6.07, 6.45) is 12.2. The molecule has 82 valence electrons. The van der Waals surface area contributed by atoms with E-state index in [1.807, 2.05) is 0 Å². The smallest absolute Gasteiger partial charge is 0.0383 e. The van der Waals surface area contributed by atoms with E-state index in [1.165, 1.54) is 25.7 Å². The summed E-state index contributed by atoms with van der Waals surface area (Å²) in [7, 11) is 0. The van der Waals surface area contributed by atoms with Crippen molar-refractivity contribution in [1.82, 2.24) is 0 Å². The lowest BCUT2D eigenvalue weighted by atomic mass is 9.75. The Morgan fingerprint density at radius 3 is 2.07 bits per heavy atom. The standard InChI is InChI=1S/C14H26/c1-3-12-6-9-14(10-12)13-7-4-11(2)5-8-13/h11-14H,3-10H2,1-2H3. The Morgan fingerprint density at radius 1 is 0.857 bits per heavy atom. The van der Waals surface area contributed by atoms with Crippen LogP contribution in [-0.4, -0.2) is 0 Å². The molecule has 0 heteroatoms. The van der Waals surface area contributed by atoms with Gasteiger partial charge in [-0.15, -0.1) is 0 Å². The van der Waals surface area contributed by atoms with Crippen molar-refractivity contribution in [2.45, 2.75) is 65.2 Å². The van der Waals surface area contributed by atoms with Crippen molar-refractivity contribution in [3.05, 3.63) is 0 Å². The third kappa shape index (κ3) is 2.32. The van der Waals surface area contributed by atoms with E-state index in [2.05, 4.69) is 13.8 Å². The number of hydrogen-bond acceptors (Lipinski definition) is 0. The molecule has 2 rings (SSSR count). The van der Waals surface area contributed by atoms with Crippen LogP contribution in [0.2, 0.25) is 0 Å². The van der Waals surface area contributed by atoms with Crippen molar-refractivity contribution in [1.29, 1.82) is 0 Å². The van der Waals surface area contributed by atoms with E-state index in [9.17, 15) is 0 Å². The Hall–Kier alpha value is 0. The molecule has 0 amide bonds. The molecule has 0 nitrogen and oxygen atoms in total. The summed E-state index contributed by atoms with van der Waals surface area (Å²) < 4.78 is 0. The van der Waals surface area contributed by atoms with E-state index in [4.69, 9.17) is 0 Å². The molecule has 0 bridgehead atoms. The summed E-state index contributed by atoms with van der Waals surface area (Å²) >= 11 is 0. The highest BCUT2D eigenvalue weighted by atomic mass is 14.4. The maximum atomic E-state index is 2.43. The second-order valence-corrected chi connectivity index (χ2v) is 5.87. The largest absolute Gasteiger partial charge is 0.0651 e. The predicted octanol–water partition coefficient (Wildman–Crippen LogP) is 4.64. The maximum Gasteiger partial charge on any atom is -0.0383 e. The summed E-state index contributed by atoms with van der Waals surface area (Å²) in [5.74, 6) is 4.34. The normalized spacial score (nSPS) is 44.1. The molecule has 0 spiro atoms. The van der Waals surface area contributed by atoms with Gasteiger partial charge >= 0.3 is 0 Å². The van der Waals surface area contributed by atoms with Gasteiger partial charge in [-0.1, -0.05) is 39.5 Å². The fraction of sp³-hybridized carbons (Fsp3) is 1.00. The average Bonchev–Trinajstić information content (AvgIpc) is 2.67. The second-order valence-electron chi connectivity index (χ2n) is 5.87. The first kappa shape index (κ1) is 10.5. The highest BCUT2D eigenvalue weighted by Crippen LogP contribution is 2.43. The first-order chi connectivity index (χ1) is 6.79. The zero-order valence-corrected chi connectivity index (χ0v) is 9.97. The molecule has 2 atom stereocenters. The lowest BCUT2D eigenvalue weighted by molar-refractivity contribution is 0.210. The van der Waals surface area contributed by atoms with Crippen LogP contribution in [-0.2, 0) is 0 Å². The van der Waals surface area contributed by atoms with Gasteiger partial charge in [-0.25, -0.2) is 0 Å². The molecular weight excluding hydrogens is 168 g/mol. The van der Waals surface area contributed by atoms with E-state index in [-0.39, 0.29) is 0 Å². The topological polar surface area (TPSA) is 0 Å². The van der Waals surface area contributed by atoms with Crippen LogP contribution in [0, 0.1) is 23.7 Å². The molecule has 2 aliphatic rings. The van der Waals surface area contributed by atoms with E-state index in [0.717, 1.165) is 23.7 Å². The van der Waals surface area contributed by atoms with Crippen LogP contribution in [0.5, 0.6) is 0 Å². The summed E-state index contributed by atoms with van der Waals surface area (Å²) in [4.78, 5) is 0. The molecule has 0 radical (unpaired) electrons. The Labute approximate surface area is 89.5 Å². The third-order valence-corrected chi connectivity index (χ3v) is 4.89. The van der Waals surface area contributed by atoms with Crippen LogP contribution < -0.4 is 0 Å². The fourth-order valence-corrected chi connectivity index (χ4v) is 3.67. The minimum absolute atomic E-state index is 1.02. The minimum Gasteiger partial charge on any atom is -0.0651 e. The molecule has 0 aromatic rings. The van der Waals surface area contributed by atoms with Gasteiger partial charge in [0.1, 0.15) is 0 Å². The summed E-state index contributed by atoms with van der Waals surface area (Å²) in [5.41, 5.74) is 0. The molecule has 2 aliphatic carbocycles. The van der Waals surface area contributed by atoms with Crippen molar-refractivity contribution >= 4 is 0 Å². The van der Waals surface area contributed by atoms with Gasteiger partial charge in [0.2, 0.25) is 0 Å².